The van der Waals surface area contributed by atoms with Crippen molar-refractivity contribution in [2.45, 2.75) is 19.3 Å². The van der Waals surface area contributed by atoms with Crippen LogP contribution in [-0.2, 0) is 9.59 Å². The normalized spacial score (nSPS) is 16.5. The molecule has 1 fully saturated rings. The van der Waals surface area contributed by atoms with E-state index < -0.39 is 0 Å². The molecule has 148 valence electrons. The van der Waals surface area contributed by atoms with Crippen LogP contribution in [0.4, 0.5) is 5.82 Å². The summed E-state index contributed by atoms with van der Waals surface area (Å²) in [6.07, 6.45) is 3.17. The SMILES string of the molecule is O=C(NCCC(=O)N1CCCC(C(=O)Nc2ccc(Cl)cn2)C1)c1ccsc1. The van der Waals surface area contributed by atoms with E-state index in [0.29, 0.717) is 29.5 Å². The highest BCUT2D eigenvalue weighted by Crippen LogP contribution is 2.19. The Morgan fingerprint density at radius 1 is 1.29 bits per heavy atom. The number of carbonyl (C=O) groups excluding carboxylic acids is 3. The van der Waals surface area contributed by atoms with Crippen molar-refractivity contribution < 1.29 is 14.4 Å². The summed E-state index contributed by atoms with van der Waals surface area (Å²) in [7, 11) is 0. The monoisotopic (exact) mass is 420 g/mol. The second kappa shape index (κ2) is 9.66. The summed E-state index contributed by atoms with van der Waals surface area (Å²) in [5.41, 5.74) is 0.600. The number of carbonyl (C=O) groups is 3. The molecule has 1 saturated heterocycles. The van der Waals surface area contributed by atoms with Crippen LogP contribution in [0.3, 0.4) is 0 Å². The molecule has 0 radical (unpaired) electrons. The number of piperidine rings is 1. The van der Waals surface area contributed by atoms with Gasteiger partial charge in [-0.25, -0.2) is 4.98 Å². The molecule has 3 amide bonds. The van der Waals surface area contributed by atoms with Crippen LogP contribution in [-0.4, -0.2) is 47.2 Å². The van der Waals surface area contributed by atoms with Gasteiger partial charge in [-0.1, -0.05) is 11.6 Å². The van der Waals surface area contributed by atoms with E-state index in [1.165, 1.54) is 17.5 Å². The average Bonchev–Trinajstić information content (AvgIpc) is 3.24. The lowest BCUT2D eigenvalue weighted by atomic mass is 9.97. The molecule has 1 aliphatic rings. The van der Waals surface area contributed by atoms with E-state index in [-0.39, 0.29) is 36.6 Å². The van der Waals surface area contributed by atoms with E-state index in [1.807, 2.05) is 5.38 Å². The summed E-state index contributed by atoms with van der Waals surface area (Å²) in [6, 6.07) is 5.04. The summed E-state index contributed by atoms with van der Waals surface area (Å²) in [4.78, 5) is 42.6. The number of pyridine rings is 1. The molecule has 0 saturated carbocycles. The second-order valence-corrected chi connectivity index (χ2v) is 7.76. The predicted octanol–water partition coefficient (Wildman–Crippen LogP) is 2.79. The number of hydrogen-bond donors (Lipinski definition) is 2. The van der Waals surface area contributed by atoms with Gasteiger partial charge in [0.25, 0.3) is 5.91 Å². The van der Waals surface area contributed by atoms with Gasteiger partial charge in [0.2, 0.25) is 11.8 Å². The molecule has 0 spiro atoms. The van der Waals surface area contributed by atoms with Crippen LogP contribution in [0.15, 0.2) is 35.2 Å². The van der Waals surface area contributed by atoms with Gasteiger partial charge in [0.05, 0.1) is 10.9 Å². The van der Waals surface area contributed by atoms with Crippen LogP contribution in [0.5, 0.6) is 0 Å². The molecule has 2 N–H and O–H groups in total. The third-order valence-corrected chi connectivity index (χ3v) is 5.44. The first-order chi connectivity index (χ1) is 13.5. The van der Waals surface area contributed by atoms with Crippen molar-refractivity contribution in [2.75, 3.05) is 25.0 Å². The number of hydrogen-bond acceptors (Lipinski definition) is 5. The minimum Gasteiger partial charge on any atom is -0.351 e. The van der Waals surface area contributed by atoms with Crippen LogP contribution in [0.1, 0.15) is 29.6 Å². The van der Waals surface area contributed by atoms with Gasteiger partial charge in [-0.2, -0.15) is 11.3 Å². The molecule has 0 aromatic carbocycles. The summed E-state index contributed by atoms with van der Waals surface area (Å²) in [6.45, 7) is 1.27. The lowest BCUT2D eigenvalue weighted by Gasteiger charge is -2.32. The Hall–Kier alpha value is -2.45. The number of rotatable bonds is 6. The highest BCUT2D eigenvalue weighted by atomic mass is 35.5. The second-order valence-electron chi connectivity index (χ2n) is 6.55. The zero-order valence-electron chi connectivity index (χ0n) is 15.2. The van der Waals surface area contributed by atoms with E-state index in [4.69, 9.17) is 11.6 Å². The quantitative estimate of drug-likeness (QED) is 0.751. The molecule has 0 aliphatic carbocycles. The minimum atomic E-state index is -0.282. The van der Waals surface area contributed by atoms with Crippen molar-refractivity contribution in [2.24, 2.45) is 5.92 Å². The maximum Gasteiger partial charge on any atom is 0.252 e. The number of halogens is 1. The fraction of sp³-hybridized carbons (Fsp3) is 0.368. The number of thiophene rings is 1. The fourth-order valence-electron chi connectivity index (χ4n) is 3.03. The third kappa shape index (κ3) is 5.53. The van der Waals surface area contributed by atoms with E-state index in [2.05, 4.69) is 15.6 Å². The van der Waals surface area contributed by atoms with Crippen LogP contribution in [0.2, 0.25) is 5.02 Å². The molecule has 1 unspecified atom stereocenters. The van der Waals surface area contributed by atoms with E-state index in [0.717, 1.165) is 12.8 Å². The molecule has 3 rings (SSSR count). The van der Waals surface area contributed by atoms with Gasteiger partial charge in [-0.3, -0.25) is 14.4 Å². The van der Waals surface area contributed by atoms with Gasteiger partial charge >= 0.3 is 0 Å². The van der Waals surface area contributed by atoms with Gasteiger partial charge in [-0.05, 0) is 36.4 Å². The van der Waals surface area contributed by atoms with Crippen LogP contribution in [0, 0.1) is 5.92 Å². The number of likely N-dealkylation sites (tertiary alicyclic amines) is 1. The van der Waals surface area contributed by atoms with Crippen LogP contribution < -0.4 is 10.6 Å². The van der Waals surface area contributed by atoms with E-state index >= 15 is 0 Å². The first-order valence-electron chi connectivity index (χ1n) is 9.03. The molecule has 28 heavy (non-hydrogen) atoms. The molecule has 7 nitrogen and oxygen atoms in total. The summed E-state index contributed by atoms with van der Waals surface area (Å²) in [5.74, 6) is -0.240. The van der Waals surface area contributed by atoms with Crippen molar-refractivity contribution in [1.29, 1.82) is 0 Å². The molecular formula is C19H21ClN4O3S. The van der Waals surface area contributed by atoms with E-state index in [9.17, 15) is 14.4 Å². The summed E-state index contributed by atoms with van der Waals surface area (Å²) >= 11 is 7.25. The molecule has 1 atom stereocenters. The van der Waals surface area contributed by atoms with Gasteiger partial charge < -0.3 is 15.5 Å². The third-order valence-electron chi connectivity index (χ3n) is 4.53. The van der Waals surface area contributed by atoms with Crippen molar-refractivity contribution in [3.8, 4) is 0 Å². The van der Waals surface area contributed by atoms with E-state index in [1.54, 1.807) is 28.5 Å². The molecular weight excluding hydrogens is 400 g/mol. The number of nitrogens with one attached hydrogen (secondary N) is 2. The van der Waals surface area contributed by atoms with Crippen molar-refractivity contribution in [1.82, 2.24) is 15.2 Å². The standard InChI is InChI=1S/C19H21ClN4O3S/c20-15-3-4-16(22-10-15)23-19(27)13-2-1-8-24(11-13)17(25)5-7-21-18(26)14-6-9-28-12-14/h3-4,6,9-10,12-13H,1-2,5,7-8,11H2,(H,21,26)(H,22,23,27). The van der Waals surface area contributed by atoms with Crippen molar-refractivity contribution >= 4 is 46.5 Å². The molecule has 1 aliphatic heterocycles. The zero-order valence-corrected chi connectivity index (χ0v) is 16.8. The topological polar surface area (TPSA) is 91.4 Å². The number of aromatic nitrogens is 1. The summed E-state index contributed by atoms with van der Waals surface area (Å²) < 4.78 is 0. The Kier molecular flexibility index (Phi) is 7.00. The van der Waals surface area contributed by atoms with Crippen molar-refractivity contribution in [3.05, 3.63) is 45.7 Å². The predicted molar refractivity (Wildman–Crippen MR) is 108 cm³/mol. The summed E-state index contributed by atoms with van der Waals surface area (Å²) in [5, 5.41) is 9.61. The highest BCUT2D eigenvalue weighted by Gasteiger charge is 2.28. The lowest BCUT2D eigenvalue weighted by Crippen LogP contribution is -2.44. The average molecular weight is 421 g/mol. The maximum absolute atomic E-state index is 12.5. The molecule has 0 bridgehead atoms. The maximum atomic E-state index is 12.5. The fourth-order valence-corrected chi connectivity index (χ4v) is 3.78. The molecule has 3 heterocycles. The highest BCUT2D eigenvalue weighted by molar-refractivity contribution is 7.08. The lowest BCUT2D eigenvalue weighted by molar-refractivity contribution is -0.134. The van der Waals surface area contributed by atoms with Crippen LogP contribution in [0.25, 0.3) is 0 Å². The van der Waals surface area contributed by atoms with Gasteiger partial charge in [0, 0.05) is 43.2 Å². The Morgan fingerprint density at radius 3 is 2.86 bits per heavy atom. The zero-order chi connectivity index (χ0) is 19.9. The van der Waals surface area contributed by atoms with Gasteiger partial charge in [0.15, 0.2) is 0 Å². The minimum absolute atomic E-state index is 0.0623. The smallest absolute Gasteiger partial charge is 0.252 e. The number of amides is 3. The van der Waals surface area contributed by atoms with Gasteiger partial charge in [-0.15, -0.1) is 0 Å². The Labute approximate surface area is 172 Å². The largest absolute Gasteiger partial charge is 0.351 e. The Balaban J connectivity index is 1.45. The first kappa shape index (κ1) is 20.3. The Morgan fingerprint density at radius 2 is 2.14 bits per heavy atom. The van der Waals surface area contributed by atoms with Gasteiger partial charge in [0.1, 0.15) is 5.82 Å². The Bertz CT molecular complexity index is 826. The molecule has 9 heteroatoms. The number of anilines is 1. The van der Waals surface area contributed by atoms with Crippen LogP contribution >= 0.6 is 22.9 Å². The number of nitrogens with zero attached hydrogens (tertiary/aromatic N) is 2. The molecule has 2 aromatic rings. The molecule has 2 aromatic heterocycles. The van der Waals surface area contributed by atoms with Crippen molar-refractivity contribution in [3.63, 3.8) is 0 Å². The first-order valence-corrected chi connectivity index (χ1v) is 10.4.